The molecule has 24 heavy (non-hydrogen) atoms. The van der Waals surface area contributed by atoms with E-state index in [2.05, 4.69) is 5.32 Å². The van der Waals surface area contributed by atoms with Gasteiger partial charge in [-0.3, -0.25) is 9.59 Å². The highest BCUT2D eigenvalue weighted by Gasteiger charge is 2.32. The molecular weight excluding hydrogens is 316 g/mol. The number of amides is 2. The molecule has 0 aromatic heterocycles. The molecular formula is C16H20N2O6. The van der Waals surface area contributed by atoms with E-state index in [1.165, 1.54) is 4.90 Å². The van der Waals surface area contributed by atoms with Gasteiger partial charge in [0.1, 0.15) is 5.75 Å². The number of carboxylic acids is 1. The van der Waals surface area contributed by atoms with Crippen molar-refractivity contribution >= 4 is 17.8 Å². The number of morpholine rings is 1. The summed E-state index contributed by atoms with van der Waals surface area (Å²) in [4.78, 5) is 36.8. The van der Waals surface area contributed by atoms with Crippen LogP contribution in [0, 0.1) is 0 Å². The number of aliphatic carboxylic acids is 1. The molecule has 0 saturated carbocycles. The lowest BCUT2D eigenvalue weighted by Gasteiger charge is -2.32. The zero-order valence-corrected chi connectivity index (χ0v) is 13.4. The van der Waals surface area contributed by atoms with E-state index in [4.69, 9.17) is 14.6 Å². The van der Waals surface area contributed by atoms with Gasteiger partial charge in [0.15, 0.2) is 6.04 Å². The largest absolute Gasteiger partial charge is 0.493 e. The predicted molar refractivity (Wildman–Crippen MR) is 83.9 cm³/mol. The van der Waals surface area contributed by atoms with Gasteiger partial charge in [0.2, 0.25) is 5.91 Å². The molecule has 1 fully saturated rings. The van der Waals surface area contributed by atoms with E-state index in [9.17, 15) is 14.4 Å². The number of benzene rings is 1. The van der Waals surface area contributed by atoms with Crippen LogP contribution in [0.1, 0.15) is 17.3 Å². The van der Waals surface area contributed by atoms with Gasteiger partial charge >= 0.3 is 5.97 Å². The number of para-hydroxylation sites is 1. The van der Waals surface area contributed by atoms with E-state index in [0.29, 0.717) is 17.9 Å². The molecule has 1 aliphatic heterocycles. The van der Waals surface area contributed by atoms with Crippen molar-refractivity contribution in [2.24, 2.45) is 0 Å². The lowest BCUT2D eigenvalue weighted by Crippen LogP contribution is -2.54. The van der Waals surface area contributed by atoms with Crippen LogP contribution in [0.3, 0.4) is 0 Å². The Hall–Kier alpha value is -2.61. The fourth-order valence-electron chi connectivity index (χ4n) is 2.40. The molecule has 2 amide bonds. The van der Waals surface area contributed by atoms with Crippen molar-refractivity contribution < 1.29 is 29.0 Å². The summed E-state index contributed by atoms with van der Waals surface area (Å²) in [6.45, 7) is 2.34. The molecule has 0 aliphatic carbocycles. The van der Waals surface area contributed by atoms with Crippen molar-refractivity contribution in [3.05, 3.63) is 29.8 Å². The standard InChI is InChI=1S/C16H20N2O6/c1-2-24-13-6-4-3-5-11(13)15(20)17-9-14(19)18-7-8-23-10-12(18)16(21)22/h3-6,12H,2,7-10H2,1H3,(H,17,20)(H,21,22). The number of carbonyl (C=O) groups excluding carboxylic acids is 2. The summed E-state index contributed by atoms with van der Waals surface area (Å²) >= 11 is 0. The Labute approximate surface area is 139 Å². The third kappa shape index (κ3) is 4.23. The van der Waals surface area contributed by atoms with Gasteiger partial charge in [-0.1, -0.05) is 12.1 Å². The monoisotopic (exact) mass is 336 g/mol. The summed E-state index contributed by atoms with van der Waals surface area (Å²) in [5.74, 6) is -1.61. The average Bonchev–Trinajstić information content (AvgIpc) is 2.60. The fraction of sp³-hybridized carbons (Fsp3) is 0.438. The molecule has 0 bridgehead atoms. The maximum atomic E-state index is 12.2. The van der Waals surface area contributed by atoms with Crippen molar-refractivity contribution in [1.82, 2.24) is 10.2 Å². The molecule has 0 radical (unpaired) electrons. The molecule has 1 atom stereocenters. The predicted octanol–water partition coefficient (Wildman–Crippen LogP) is 0.127. The van der Waals surface area contributed by atoms with Crippen LogP contribution >= 0.6 is 0 Å². The number of rotatable bonds is 6. The molecule has 1 aromatic rings. The Bertz CT molecular complexity index is 618. The third-order valence-corrected chi connectivity index (χ3v) is 3.57. The zero-order valence-electron chi connectivity index (χ0n) is 13.4. The molecule has 8 heteroatoms. The number of carbonyl (C=O) groups is 3. The lowest BCUT2D eigenvalue weighted by atomic mass is 10.2. The van der Waals surface area contributed by atoms with E-state index < -0.39 is 23.8 Å². The molecule has 8 nitrogen and oxygen atoms in total. The quantitative estimate of drug-likeness (QED) is 0.765. The maximum absolute atomic E-state index is 12.2. The highest BCUT2D eigenvalue weighted by Crippen LogP contribution is 2.17. The van der Waals surface area contributed by atoms with E-state index >= 15 is 0 Å². The van der Waals surface area contributed by atoms with Gasteiger partial charge < -0.3 is 24.8 Å². The molecule has 1 heterocycles. The Kier molecular flexibility index (Phi) is 6.14. The molecule has 1 aromatic carbocycles. The Balaban J connectivity index is 1.98. The summed E-state index contributed by atoms with van der Waals surface area (Å²) in [7, 11) is 0. The first-order valence-electron chi connectivity index (χ1n) is 7.64. The summed E-state index contributed by atoms with van der Waals surface area (Å²) in [5, 5.41) is 11.6. The normalized spacial score (nSPS) is 17.2. The van der Waals surface area contributed by atoms with Gasteiger partial charge in [0.25, 0.3) is 5.91 Å². The highest BCUT2D eigenvalue weighted by molar-refractivity contribution is 5.99. The first kappa shape index (κ1) is 17.7. The second-order valence-electron chi connectivity index (χ2n) is 5.13. The van der Waals surface area contributed by atoms with Gasteiger partial charge in [-0.2, -0.15) is 0 Å². The van der Waals surface area contributed by atoms with Gasteiger partial charge in [0.05, 0.1) is 31.9 Å². The van der Waals surface area contributed by atoms with E-state index in [1.807, 2.05) is 6.92 Å². The van der Waals surface area contributed by atoms with Crippen LogP contribution in [0.15, 0.2) is 24.3 Å². The van der Waals surface area contributed by atoms with Crippen molar-refractivity contribution in [3.8, 4) is 5.75 Å². The second-order valence-corrected chi connectivity index (χ2v) is 5.13. The van der Waals surface area contributed by atoms with Gasteiger partial charge in [-0.05, 0) is 19.1 Å². The van der Waals surface area contributed by atoms with Crippen LogP contribution in [-0.2, 0) is 14.3 Å². The first-order chi connectivity index (χ1) is 11.5. The Morgan fingerprint density at radius 3 is 2.83 bits per heavy atom. The van der Waals surface area contributed by atoms with Crippen LogP contribution in [0.25, 0.3) is 0 Å². The zero-order chi connectivity index (χ0) is 17.5. The summed E-state index contributed by atoms with van der Waals surface area (Å²) in [6.07, 6.45) is 0. The number of nitrogens with one attached hydrogen (secondary N) is 1. The summed E-state index contributed by atoms with van der Waals surface area (Å²) < 4.78 is 10.5. The fourth-order valence-corrected chi connectivity index (χ4v) is 2.40. The van der Waals surface area contributed by atoms with Crippen LogP contribution < -0.4 is 10.1 Å². The minimum atomic E-state index is -1.13. The van der Waals surface area contributed by atoms with Crippen LogP contribution in [0.2, 0.25) is 0 Å². The van der Waals surface area contributed by atoms with Crippen molar-refractivity contribution in [1.29, 1.82) is 0 Å². The molecule has 1 unspecified atom stereocenters. The second kappa shape index (κ2) is 8.30. The number of ether oxygens (including phenoxy) is 2. The van der Waals surface area contributed by atoms with Crippen LogP contribution in [-0.4, -0.2) is 66.7 Å². The molecule has 1 aliphatic rings. The molecule has 0 spiro atoms. The maximum Gasteiger partial charge on any atom is 0.328 e. The number of nitrogens with zero attached hydrogens (tertiary/aromatic N) is 1. The van der Waals surface area contributed by atoms with E-state index in [1.54, 1.807) is 24.3 Å². The van der Waals surface area contributed by atoms with E-state index in [-0.39, 0.29) is 26.3 Å². The number of hydrogen-bond donors (Lipinski definition) is 2. The summed E-state index contributed by atoms with van der Waals surface area (Å²) in [6, 6.07) is 5.68. The van der Waals surface area contributed by atoms with Gasteiger partial charge in [-0.25, -0.2) is 4.79 Å². The summed E-state index contributed by atoms with van der Waals surface area (Å²) in [5.41, 5.74) is 0.323. The first-order valence-corrected chi connectivity index (χ1v) is 7.64. The van der Waals surface area contributed by atoms with Crippen LogP contribution in [0.4, 0.5) is 0 Å². The molecule has 130 valence electrons. The Morgan fingerprint density at radius 1 is 1.38 bits per heavy atom. The van der Waals surface area contributed by atoms with Crippen molar-refractivity contribution in [2.45, 2.75) is 13.0 Å². The highest BCUT2D eigenvalue weighted by atomic mass is 16.5. The minimum absolute atomic E-state index is 0.0534. The van der Waals surface area contributed by atoms with Crippen molar-refractivity contribution in [3.63, 3.8) is 0 Å². The SMILES string of the molecule is CCOc1ccccc1C(=O)NCC(=O)N1CCOCC1C(=O)O. The Morgan fingerprint density at radius 2 is 2.12 bits per heavy atom. The average molecular weight is 336 g/mol. The number of hydrogen-bond acceptors (Lipinski definition) is 5. The minimum Gasteiger partial charge on any atom is -0.493 e. The van der Waals surface area contributed by atoms with E-state index in [0.717, 1.165) is 0 Å². The topological polar surface area (TPSA) is 105 Å². The lowest BCUT2D eigenvalue weighted by molar-refractivity contribution is -0.157. The molecule has 1 saturated heterocycles. The van der Waals surface area contributed by atoms with Crippen LogP contribution in [0.5, 0.6) is 5.75 Å². The molecule has 2 N–H and O–H groups in total. The third-order valence-electron chi connectivity index (χ3n) is 3.57. The van der Waals surface area contributed by atoms with Gasteiger partial charge in [-0.15, -0.1) is 0 Å². The smallest absolute Gasteiger partial charge is 0.328 e. The van der Waals surface area contributed by atoms with Crippen molar-refractivity contribution in [2.75, 3.05) is 32.9 Å². The number of carboxylic acid groups (broad SMARTS) is 1. The molecule has 2 rings (SSSR count). The van der Waals surface area contributed by atoms with Gasteiger partial charge in [0, 0.05) is 6.54 Å².